The second kappa shape index (κ2) is 3.97. The molecule has 0 atom stereocenters. The molecule has 0 aliphatic carbocycles. The van der Waals surface area contributed by atoms with E-state index in [0.717, 1.165) is 0 Å². The molecule has 2 heteroatoms. The zero-order valence-corrected chi connectivity index (χ0v) is 8.97. The van der Waals surface area contributed by atoms with Gasteiger partial charge in [-0.05, 0) is 32.1 Å². The summed E-state index contributed by atoms with van der Waals surface area (Å²) >= 11 is 0. The normalized spacial score (nSPS) is 30.2. The van der Waals surface area contributed by atoms with Crippen LogP contribution in [0.4, 0.5) is 0 Å². The molecule has 2 aliphatic rings. The van der Waals surface area contributed by atoms with Gasteiger partial charge in [0.25, 0.3) is 0 Å². The van der Waals surface area contributed by atoms with Crippen LogP contribution >= 0.6 is 0 Å². The Labute approximate surface area is 82.1 Å². The van der Waals surface area contributed by atoms with E-state index in [4.69, 9.17) is 0 Å². The van der Waals surface area contributed by atoms with Gasteiger partial charge >= 0.3 is 0 Å². The largest absolute Gasteiger partial charge is 0.246 e. The van der Waals surface area contributed by atoms with Crippen molar-refractivity contribution in [1.82, 2.24) is 5.01 Å². The van der Waals surface area contributed by atoms with Crippen LogP contribution in [0.2, 0.25) is 0 Å². The maximum absolute atomic E-state index is 2.71. The Morgan fingerprint density at radius 3 is 1.92 bits per heavy atom. The molecule has 2 heterocycles. The number of quaternary nitrogens is 1. The van der Waals surface area contributed by atoms with E-state index >= 15 is 0 Å². The summed E-state index contributed by atoms with van der Waals surface area (Å²) in [6, 6.07) is 0. The maximum Gasteiger partial charge on any atom is 0.0962 e. The Hall–Kier alpha value is -0.0800. The molecular formula is C11H23N2+. The Morgan fingerprint density at radius 2 is 1.31 bits per heavy atom. The Balaban J connectivity index is 1.94. The van der Waals surface area contributed by atoms with Gasteiger partial charge in [0.05, 0.1) is 20.1 Å². The summed E-state index contributed by atoms with van der Waals surface area (Å²) in [6.45, 7) is 5.47. The summed E-state index contributed by atoms with van der Waals surface area (Å²) in [6.07, 6.45) is 8.64. The SMILES string of the molecule is C[N+]1(N2CCCCC2)CCCCC1. The minimum Gasteiger partial charge on any atom is -0.246 e. The van der Waals surface area contributed by atoms with Crippen molar-refractivity contribution in [1.29, 1.82) is 0 Å². The molecule has 2 rings (SSSR count). The van der Waals surface area contributed by atoms with Crippen molar-refractivity contribution >= 4 is 0 Å². The number of hydrogen-bond donors (Lipinski definition) is 0. The summed E-state index contributed by atoms with van der Waals surface area (Å²) in [4.78, 5) is 0. The van der Waals surface area contributed by atoms with Crippen molar-refractivity contribution in [2.75, 3.05) is 33.2 Å². The minimum absolute atomic E-state index is 1.25. The van der Waals surface area contributed by atoms with Gasteiger partial charge in [0.15, 0.2) is 0 Å². The molecule has 0 saturated carbocycles. The van der Waals surface area contributed by atoms with Crippen LogP contribution in [-0.2, 0) is 0 Å². The predicted molar refractivity (Wildman–Crippen MR) is 55.2 cm³/mol. The molecule has 2 nitrogen and oxygen atoms in total. The first-order valence-electron chi connectivity index (χ1n) is 5.91. The quantitative estimate of drug-likeness (QED) is 0.562. The van der Waals surface area contributed by atoms with Crippen LogP contribution in [0.1, 0.15) is 38.5 Å². The van der Waals surface area contributed by atoms with E-state index < -0.39 is 0 Å². The fraction of sp³-hybridized carbons (Fsp3) is 1.00. The highest BCUT2D eigenvalue weighted by atomic mass is 15.7. The second-order valence-electron chi connectivity index (χ2n) is 4.86. The molecule has 0 aromatic carbocycles. The third kappa shape index (κ3) is 2.05. The highest BCUT2D eigenvalue weighted by Crippen LogP contribution is 2.22. The molecular weight excluding hydrogens is 160 g/mol. The van der Waals surface area contributed by atoms with E-state index in [-0.39, 0.29) is 0 Å². The molecule has 2 fully saturated rings. The average molecular weight is 183 g/mol. The van der Waals surface area contributed by atoms with Crippen LogP contribution in [0.15, 0.2) is 0 Å². The first-order chi connectivity index (χ1) is 6.31. The highest BCUT2D eigenvalue weighted by molar-refractivity contribution is 4.59. The maximum atomic E-state index is 2.71. The van der Waals surface area contributed by atoms with E-state index in [1.807, 2.05) is 0 Å². The van der Waals surface area contributed by atoms with Crippen LogP contribution in [0.3, 0.4) is 0 Å². The first-order valence-corrected chi connectivity index (χ1v) is 5.91. The Morgan fingerprint density at radius 1 is 0.769 bits per heavy atom. The summed E-state index contributed by atoms with van der Waals surface area (Å²) in [5.74, 6) is 0. The van der Waals surface area contributed by atoms with E-state index in [1.54, 1.807) is 0 Å². The minimum atomic E-state index is 1.25. The highest BCUT2D eigenvalue weighted by Gasteiger charge is 2.32. The van der Waals surface area contributed by atoms with Gasteiger partial charge in [-0.15, -0.1) is 0 Å². The van der Waals surface area contributed by atoms with Gasteiger partial charge in [-0.2, -0.15) is 5.01 Å². The Bertz CT molecular complexity index is 155. The lowest BCUT2D eigenvalue weighted by atomic mass is 10.1. The van der Waals surface area contributed by atoms with Crippen LogP contribution < -0.4 is 0 Å². The summed E-state index contributed by atoms with van der Waals surface area (Å²) in [5, 5.41) is 2.71. The zero-order valence-electron chi connectivity index (χ0n) is 8.97. The monoisotopic (exact) mass is 183 g/mol. The molecule has 0 aromatic heterocycles. The molecule has 0 aromatic rings. The predicted octanol–water partition coefficient (Wildman–Crippen LogP) is 2.02. The lowest BCUT2D eigenvalue weighted by molar-refractivity contribution is -1.02. The van der Waals surface area contributed by atoms with Crippen molar-refractivity contribution in [3.63, 3.8) is 0 Å². The van der Waals surface area contributed by atoms with E-state index in [9.17, 15) is 0 Å². The molecule has 76 valence electrons. The molecule has 2 aliphatic heterocycles. The van der Waals surface area contributed by atoms with E-state index in [0.29, 0.717) is 0 Å². The molecule has 0 radical (unpaired) electrons. The molecule has 13 heavy (non-hydrogen) atoms. The lowest BCUT2D eigenvalue weighted by Crippen LogP contribution is -2.61. The molecule has 0 N–H and O–H groups in total. The number of hydrogen-bond acceptors (Lipinski definition) is 1. The van der Waals surface area contributed by atoms with Gasteiger partial charge in [0.1, 0.15) is 0 Å². The number of likely N-dealkylation sites (tertiary alicyclic amines) is 1. The number of piperidine rings is 2. The third-order valence-corrected chi connectivity index (χ3v) is 3.79. The van der Waals surface area contributed by atoms with Crippen molar-refractivity contribution in [3.8, 4) is 0 Å². The first kappa shape index (κ1) is 9.47. The fourth-order valence-corrected chi connectivity index (χ4v) is 2.84. The van der Waals surface area contributed by atoms with E-state index in [1.165, 1.54) is 69.3 Å². The van der Waals surface area contributed by atoms with Gasteiger partial charge in [0, 0.05) is 13.1 Å². The molecule has 0 amide bonds. The van der Waals surface area contributed by atoms with E-state index in [2.05, 4.69) is 12.1 Å². The third-order valence-electron chi connectivity index (χ3n) is 3.79. The molecule has 0 unspecified atom stereocenters. The van der Waals surface area contributed by atoms with Crippen molar-refractivity contribution in [2.45, 2.75) is 38.5 Å². The second-order valence-corrected chi connectivity index (χ2v) is 4.86. The van der Waals surface area contributed by atoms with Gasteiger partial charge < -0.3 is 0 Å². The smallest absolute Gasteiger partial charge is 0.0962 e. The molecule has 0 bridgehead atoms. The van der Waals surface area contributed by atoms with Gasteiger partial charge in [-0.25, -0.2) is 4.59 Å². The van der Waals surface area contributed by atoms with Crippen molar-refractivity contribution in [3.05, 3.63) is 0 Å². The summed E-state index contributed by atoms with van der Waals surface area (Å²) < 4.78 is 1.25. The van der Waals surface area contributed by atoms with Crippen LogP contribution in [0, 0.1) is 0 Å². The van der Waals surface area contributed by atoms with Gasteiger partial charge in [0.2, 0.25) is 0 Å². The zero-order chi connectivity index (χ0) is 9.15. The van der Waals surface area contributed by atoms with Crippen LogP contribution in [0.5, 0.6) is 0 Å². The standard InChI is InChI=1S/C11H23N2/c1-13(10-6-3-7-11-13)12-8-4-2-5-9-12/h2-11H2,1H3/q+1. The Kier molecular flexibility index (Phi) is 2.89. The number of rotatable bonds is 1. The van der Waals surface area contributed by atoms with Crippen LogP contribution in [0.25, 0.3) is 0 Å². The van der Waals surface area contributed by atoms with Gasteiger partial charge in [-0.1, -0.05) is 6.42 Å². The summed E-state index contributed by atoms with van der Waals surface area (Å²) in [5.41, 5.74) is 0. The topological polar surface area (TPSA) is 3.24 Å². The number of nitrogens with zero attached hydrogens (tertiary/aromatic N) is 2. The van der Waals surface area contributed by atoms with Crippen molar-refractivity contribution in [2.24, 2.45) is 0 Å². The lowest BCUT2D eigenvalue weighted by Gasteiger charge is -2.46. The van der Waals surface area contributed by atoms with Gasteiger partial charge in [-0.3, -0.25) is 0 Å². The summed E-state index contributed by atoms with van der Waals surface area (Å²) in [7, 11) is 2.44. The average Bonchev–Trinajstić information content (AvgIpc) is 2.20. The molecule has 2 saturated heterocycles. The van der Waals surface area contributed by atoms with Crippen molar-refractivity contribution < 1.29 is 4.59 Å². The molecule has 0 spiro atoms. The fourth-order valence-electron chi connectivity index (χ4n) is 2.84. The van der Waals surface area contributed by atoms with Crippen LogP contribution in [-0.4, -0.2) is 42.8 Å².